The molecule has 0 bridgehead atoms. The van der Waals surface area contributed by atoms with Gasteiger partial charge in [-0.15, -0.1) is 0 Å². The molecule has 0 saturated carbocycles. The van der Waals surface area contributed by atoms with Crippen molar-refractivity contribution in [3.05, 3.63) is 35.9 Å². The summed E-state index contributed by atoms with van der Waals surface area (Å²) in [4.78, 5) is 13.6. The van der Waals surface area contributed by atoms with E-state index >= 15 is 0 Å². The van der Waals surface area contributed by atoms with Crippen molar-refractivity contribution in [1.82, 2.24) is 4.90 Å². The van der Waals surface area contributed by atoms with Gasteiger partial charge in [0.15, 0.2) is 0 Å². The molecule has 1 aromatic rings. The molecule has 0 radical (unpaired) electrons. The van der Waals surface area contributed by atoms with Gasteiger partial charge in [-0.25, -0.2) is 0 Å². The molecule has 3 heteroatoms. The lowest BCUT2D eigenvalue weighted by Gasteiger charge is -2.32. The number of likely N-dealkylation sites (tertiary alicyclic amines) is 1. The van der Waals surface area contributed by atoms with Gasteiger partial charge in [-0.3, -0.25) is 4.79 Å². The lowest BCUT2D eigenvalue weighted by molar-refractivity contribution is -0.141. The van der Waals surface area contributed by atoms with E-state index in [-0.39, 0.29) is 11.8 Å². The molecule has 0 aromatic heterocycles. The van der Waals surface area contributed by atoms with Crippen LogP contribution in [-0.2, 0) is 4.79 Å². The Labute approximate surface area is 95.7 Å². The van der Waals surface area contributed by atoms with E-state index in [0.717, 1.165) is 24.9 Å². The first kappa shape index (κ1) is 11.1. The minimum Gasteiger partial charge on any atom is -0.388 e. The highest BCUT2D eigenvalue weighted by Crippen LogP contribution is 2.29. The Morgan fingerprint density at radius 3 is 2.75 bits per heavy atom. The van der Waals surface area contributed by atoms with Gasteiger partial charge in [0.05, 0.1) is 12.0 Å². The van der Waals surface area contributed by atoms with Crippen LogP contribution in [0.25, 0.3) is 0 Å². The number of carbonyl (C=O) groups excluding carboxylic acids is 1. The Bertz CT molecular complexity index is 363. The second kappa shape index (κ2) is 4.66. The molecular weight excluding hydrogens is 202 g/mol. The fraction of sp³-hybridized carbons (Fsp3) is 0.462. The number of carbonyl (C=O) groups is 1. The maximum Gasteiger partial charge on any atom is 0.228 e. The normalized spacial score (nSPS) is 23.2. The fourth-order valence-electron chi connectivity index (χ4n) is 2.24. The van der Waals surface area contributed by atoms with Gasteiger partial charge < -0.3 is 10.0 Å². The third-order valence-corrected chi connectivity index (χ3v) is 3.22. The van der Waals surface area contributed by atoms with Crippen molar-refractivity contribution < 1.29 is 9.90 Å². The lowest BCUT2D eigenvalue weighted by Crippen LogP contribution is -2.40. The minimum absolute atomic E-state index is 0.0580. The van der Waals surface area contributed by atoms with Crippen molar-refractivity contribution in [2.45, 2.75) is 18.9 Å². The Kier molecular flexibility index (Phi) is 3.25. The number of aliphatic hydroxyl groups is 1. The van der Waals surface area contributed by atoms with Crippen molar-refractivity contribution in [3.63, 3.8) is 0 Å². The summed E-state index contributed by atoms with van der Waals surface area (Å²) in [6, 6.07) is 9.41. The maximum atomic E-state index is 11.9. The van der Waals surface area contributed by atoms with Crippen molar-refractivity contribution in [2.75, 3.05) is 13.6 Å². The molecule has 1 N–H and O–H groups in total. The standard InChI is InChI=1S/C13H17NO2/c1-14-9-5-8-11(13(14)16)12(15)10-6-3-2-4-7-10/h2-4,6-7,11-12,15H,5,8-9H2,1H3/t11-,12-/m0/s1. The van der Waals surface area contributed by atoms with E-state index < -0.39 is 6.10 Å². The van der Waals surface area contributed by atoms with E-state index in [9.17, 15) is 9.90 Å². The second-order valence-corrected chi connectivity index (χ2v) is 4.36. The van der Waals surface area contributed by atoms with Crippen molar-refractivity contribution >= 4 is 5.91 Å². The van der Waals surface area contributed by atoms with Gasteiger partial charge in [-0.05, 0) is 18.4 Å². The van der Waals surface area contributed by atoms with Gasteiger partial charge in [0, 0.05) is 13.6 Å². The summed E-state index contributed by atoms with van der Waals surface area (Å²) in [7, 11) is 1.80. The zero-order valence-electron chi connectivity index (χ0n) is 9.47. The summed E-state index contributed by atoms with van der Waals surface area (Å²) in [6.45, 7) is 0.802. The molecule has 86 valence electrons. The van der Waals surface area contributed by atoms with E-state index in [4.69, 9.17) is 0 Å². The maximum absolute atomic E-state index is 11.9. The molecule has 1 amide bonds. The molecule has 1 aliphatic heterocycles. The SMILES string of the molecule is CN1CCC[C@@H]([C@@H](O)c2ccccc2)C1=O. The zero-order chi connectivity index (χ0) is 11.5. The van der Waals surface area contributed by atoms with Crippen LogP contribution in [-0.4, -0.2) is 29.5 Å². The van der Waals surface area contributed by atoms with Crippen molar-refractivity contribution in [2.24, 2.45) is 5.92 Å². The zero-order valence-corrected chi connectivity index (χ0v) is 9.47. The molecular formula is C13H17NO2. The molecule has 1 aliphatic rings. The molecule has 0 spiro atoms. The predicted octanol–water partition coefficient (Wildman–Crippen LogP) is 1.59. The summed E-state index contributed by atoms with van der Waals surface area (Å²) < 4.78 is 0. The smallest absolute Gasteiger partial charge is 0.228 e. The molecule has 2 atom stereocenters. The molecule has 3 nitrogen and oxygen atoms in total. The predicted molar refractivity (Wildman–Crippen MR) is 61.8 cm³/mol. The average Bonchev–Trinajstić information content (AvgIpc) is 2.33. The molecule has 1 saturated heterocycles. The highest BCUT2D eigenvalue weighted by atomic mass is 16.3. The van der Waals surface area contributed by atoms with Gasteiger partial charge >= 0.3 is 0 Å². The van der Waals surface area contributed by atoms with Gasteiger partial charge in [-0.2, -0.15) is 0 Å². The molecule has 0 unspecified atom stereocenters. The van der Waals surface area contributed by atoms with E-state index in [0.29, 0.717) is 0 Å². The van der Waals surface area contributed by atoms with Crippen LogP contribution in [0, 0.1) is 5.92 Å². The van der Waals surface area contributed by atoms with Crippen LogP contribution in [0.1, 0.15) is 24.5 Å². The number of rotatable bonds is 2. The monoisotopic (exact) mass is 219 g/mol. The summed E-state index contributed by atoms with van der Waals surface area (Å²) in [5.74, 6) is -0.219. The van der Waals surface area contributed by atoms with Gasteiger partial charge in [0.2, 0.25) is 5.91 Å². The topological polar surface area (TPSA) is 40.5 Å². The van der Waals surface area contributed by atoms with E-state index in [1.165, 1.54) is 0 Å². The number of piperidine rings is 1. The van der Waals surface area contributed by atoms with E-state index in [2.05, 4.69) is 0 Å². The Morgan fingerprint density at radius 2 is 2.06 bits per heavy atom. The third-order valence-electron chi connectivity index (χ3n) is 3.22. The summed E-state index contributed by atoms with van der Waals surface area (Å²) in [5.41, 5.74) is 0.830. The summed E-state index contributed by atoms with van der Waals surface area (Å²) in [5, 5.41) is 10.2. The number of aliphatic hydroxyl groups excluding tert-OH is 1. The van der Waals surface area contributed by atoms with Gasteiger partial charge in [-0.1, -0.05) is 30.3 Å². The highest BCUT2D eigenvalue weighted by molar-refractivity contribution is 5.80. The Morgan fingerprint density at radius 1 is 1.38 bits per heavy atom. The quantitative estimate of drug-likeness (QED) is 0.820. The largest absolute Gasteiger partial charge is 0.388 e. The average molecular weight is 219 g/mol. The van der Waals surface area contributed by atoms with Crippen LogP contribution in [0.4, 0.5) is 0 Å². The van der Waals surface area contributed by atoms with Crippen LogP contribution in [0.2, 0.25) is 0 Å². The molecule has 1 fully saturated rings. The number of amides is 1. The second-order valence-electron chi connectivity index (χ2n) is 4.36. The van der Waals surface area contributed by atoms with Crippen LogP contribution < -0.4 is 0 Å². The summed E-state index contributed by atoms with van der Waals surface area (Å²) in [6.07, 6.45) is 1.08. The summed E-state index contributed by atoms with van der Waals surface area (Å²) >= 11 is 0. The minimum atomic E-state index is -0.670. The highest BCUT2D eigenvalue weighted by Gasteiger charge is 2.32. The van der Waals surface area contributed by atoms with Crippen LogP contribution >= 0.6 is 0 Å². The number of hydrogen-bond acceptors (Lipinski definition) is 2. The first-order valence-electron chi connectivity index (χ1n) is 5.68. The number of hydrogen-bond donors (Lipinski definition) is 1. The molecule has 0 aliphatic carbocycles. The Balaban J connectivity index is 2.15. The fourth-order valence-corrected chi connectivity index (χ4v) is 2.24. The third kappa shape index (κ3) is 2.09. The van der Waals surface area contributed by atoms with Crippen LogP contribution in [0.5, 0.6) is 0 Å². The number of nitrogens with zero attached hydrogens (tertiary/aromatic N) is 1. The molecule has 1 aromatic carbocycles. The van der Waals surface area contributed by atoms with E-state index in [1.54, 1.807) is 11.9 Å². The van der Waals surface area contributed by atoms with Crippen molar-refractivity contribution in [3.8, 4) is 0 Å². The molecule has 16 heavy (non-hydrogen) atoms. The molecule has 2 rings (SSSR count). The first-order chi connectivity index (χ1) is 7.70. The lowest BCUT2D eigenvalue weighted by atomic mass is 9.88. The van der Waals surface area contributed by atoms with Gasteiger partial charge in [0.25, 0.3) is 0 Å². The van der Waals surface area contributed by atoms with Crippen LogP contribution in [0.3, 0.4) is 0 Å². The van der Waals surface area contributed by atoms with Gasteiger partial charge in [0.1, 0.15) is 0 Å². The van der Waals surface area contributed by atoms with Crippen LogP contribution in [0.15, 0.2) is 30.3 Å². The molecule has 1 heterocycles. The first-order valence-corrected chi connectivity index (χ1v) is 5.68. The Hall–Kier alpha value is -1.35. The van der Waals surface area contributed by atoms with E-state index in [1.807, 2.05) is 30.3 Å². The van der Waals surface area contributed by atoms with Crippen molar-refractivity contribution in [1.29, 1.82) is 0 Å². The number of benzene rings is 1.